The minimum Gasteiger partial charge on any atom is -0.269 e. The number of nitrogens with zero attached hydrogens (tertiary/aromatic N) is 1. The van der Waals surface area contributed by atoms with Crippen molar-refractivity contribution >= 4 is 11.8 Å². The molecule has 67 valence electrons. The molecule has 3 heteroatoms. The van der Waals surface area contributed by atoms with Gasteiger partial charge >= 0.3 is 0 Å². The topological polar surface area (TPSA) is 37.4 Å². The number of amides is 2. The Morgan fingerprint density at radius 3 is 2.07 bits per heavy atom. The molecule has 0 saturated heterocycles. The highest BCUT2D eigenvalue weighted by molar-refractivity contribution is 6.21. The van der Waals surface area contributed by atoms with Crippen molar-refractivity contribution in [2.45, 2.75) is 0 Å². The number of imide groups is 1. The molecule has 0 N–H and O–H groups in total. The molecular formula is C11H6NO2. The van der Waals surface area contributed by atoms with E-state index in [2.05, 4.69) is 0 Å². The largest absolute Gasteiger partial charge is 0.269 e. The van der Waals surface area contributed by atoms with E-state index in [4.69, 9.17) is 6.42 Å². The molecule has 1 heterocycles. The zero-order chi connectivity index (χ0) is 10.1. The molecule has 0 saturated carbocycles. The zero-order valence-electron chi connectivity index (χ0n) is 7.28. The van der Waals surface area contributed by atoms with E-state index in [-0.39, 0.29) is 18.4 Å². The third-order valence-corrected chi connectivity index (χ3v) is 2.12. The van der Waals surface area contributed by atoms with Gasteiger partial charge in [-0.2, -0.15) is 0 Å². The summed E-state index contributed by atoms with van der Waals surface area (Å²) in [5.41, 5.74) is 0.820. The number of carbonyl (C=O) groups is 2. The highest BCUT2D eigenvalue weighted by Crippen LogP contribution is 2.21. The van der Waals surface area contributed by atoms with E-state index >= 15 is 0 Å². The molecule has 1 aromatic carbocycles. The van der Waals surface area contributed by atoms with Crippen LogP contribution in [0.2, 0.25) is 0 Å². The summed E-state index contributed by atoms with van der Waals surface area (Å²) in [5, 5.41) is 0. The molecular weight excluding hydrogens is 178 g/mol. The van der Waals surface area contributed by atoms with Crippen LogP contribution in [0.15, 0.2) is 24.3 Å². The van der Waals surface area contributed by atoms with Gasteiger partial charge in [-0.3, -0.25) is 14.5 Å². The van der Waals surface area contributed by atoms with Crippen LogP contribution in [0.25, 0.3) is 0 Å². The first-order chi connectivity index (χ1) is 6.75. The van der Waals surface area contributed by atoms with Crippen molar-refractivity contribution in [2.75, 3.05) is 6.54 Å². The van der Waals surface area contributed by atoms with Crippen molar-refractivity contribution in [3.05, 3.63) is 41.8 Å². The van der Waals surface area contributed by atoms with Gasteiger partial charge in [0.25, 0.3) is 11.8 Å². The Morgan fingerprint density at radius 2 is 1.64 bits per heavy atom. The standard InChI is InChI=1S/C11H6NO2/c1-2-7-12-10(13)8-5-3-4-6-9(8)11(12)14/h3-6H,7H2. The summed E-state index contributed by atoms with van der Waals surface area (Å²) in [7, 11) is 0. The minimum absolute atomic E-state index is 0.0770. The van der Waals surface area contributed by atoms with E-state index in [1.54, 1.807) is 24.3 Å². The second-order valence-electron chi connectivity index (χ2n) is 2.92. The Bertz CT molecular complexity index is 422. The molecule has 1 aromatic rings. The second kappa shape index (κ2) is 3.00. The van der Waals surface area contributed by atoms with Crippen molar-refractivity contribution in [1.82, 2.24) is 4.90 Å². The summed E-state index contributed by atoms with van der Waals surface area (Å²) in [5.74, 6) is 1.36. The van der Waals surface area contributed by atoms with Crippen molar-refractivity contribution in [1.29, 1.82) is 0 Å². The van der Waals surface area contributed by atoms with E-state index in [9.17, 15) is 9.59 Å². The van der Waals surface area contributed by atoms with Crippen molar-refractivity contribution in [2.24, 2.45) is 0 Å². The Balaban J connectivity index is 2.49. The molecule has 2 amide bonds. The van der Waals surface area contributed by atoms with E-state index in [1.807, 2.05) is 5.92 Å². The van der Waals surface area contributed by atoms with E-state index < -0.39 is 0 Å². The van der Waals surface area contributed by atoms with Crippen LogP contribution in [0.5, 0.6) is 0 Å². The van der Waals surface area contributed by atoms with Gasteiger partial charge in [-0.1, -0.05) is 18.1 Å². The van der Waals surface area contributed by atoms with E-state index in [0.29, 0.717) is 11.1 Å². The molecule has 0 unspecified atom stereocenters. The predicted octanol–water partition coefficient (Wildman–Crippen LogP) is 0.872. The number of hydrogen-bond donors (Lipinski definition) is 0. The summed E-state index contributed by atoms with van der Waals surface area (Å²) in [6, 6.07) is 6.64. The van der Waals surface area contributed by atoms with Crippen LogP contribution in [0.1, 0.15) is 20.7 Å². The number of hydrogen-bond acceptors (Lipinski definition) is 2. The zero-order valence-corrected chi connectivity index (χ0v) is 7.28. The number of fused-ring (bicyclic) bond motifs is 1. The van der Waals surface area contributed by atoms with Gasteiger partial charge in [-0.25, -0.2) is 0 Å². The van der Waals surface area contributed by atoms with Gasteiger partial charge in [0.05, 0.1) is 17.7 Å². The molecule has 0 atom stereocenters. The first-order valence-electron chi connectivity index (χ1n) is 4.10. The van der Waals surface area contributed by atoms with Crippen LogP contribution < -0.4 is 0 Å². The van der Waals surface area contributed by atoms with Crippen LogP contribution in [0, 0.1) is 12.3 Å². The first kappa shape index (κ1) is 8.52. The number of benzene rings is 1. The Labute approximate surface area is 81.3 Å². The molecule has 0 fully saturated rings. The lowest BCUT2D eigenvalue weighted by atomic mass is 10.1. The van der Waals surface area contributed by atoms with Gasteiger partial charge in [0.2, 0.25) is 0 Å². The highest BCUT2D eigenvalue weighted by atomic mass is 16.2. The summed E-state index contributed by atoms with van der Waals surface area (Å²) in [4.78, 5) is 24.2. The Morgan fingerprint density at radius 1 is 1.14 bits per heavy atom. The fourth-order valence-electron chi connectivity index (χ4n) is 1.46. The van der Waals surface area contributed by atoms with Crippen LogP contribution in [-0.2, 0) is 0 Å². The van der Waals surface area contributed by atoms with Gasteiger partial charge in [-0.05, 0) is 18.6 Å². The average Bonchev–Trinajstić information content (AvgIpc) is 2.45. The molecule has 1 radical (unpaired) electrons. The third-order valence-electron chi connectivity index (χ3n) is 2.12. The van der Waals surface area contributed by atoms with Crippen molar-refractivity contribution < 1.29 is 9.59 Å². The van der Waals surface area contributed by atoms with Crippen LogP contribution in [0.4, 0.5) is 0 Å². The van der Waals surface area contributed by atoms with Gasteiger partial charge < -0.3 is 0 Å². The molecule has 0 aromatic heterocycles. The predicted molar refractivity (Wildman–Crippen MR) is 48.9 cm³/mol. The van der Waals surface area contributed by atoms with E-state index in [1.165, 1.54) is 0 Å². The molecule has 14 heavy (non-hydrogen) atoms. The van der Waals surface area contributed by atoms with Crippen LogP contribution in [0.3, 0.4) is 0 Å². The normalized spacial score (nSPS) is 14.1. The highest BCUT2D eigenvalue weighted by Gasteiger charge is 2.34. The van der Waals surface area contributed by atoms with Crippen LogP contribution >= 0.6 is 0 Å². The average molecular weight is 184 g/mol. The first-order valence-corrected chi connectivity index (χ1v) is 4.10. The lowest BCUT2D eigenvalue weighted by Gasteiger charge is -2.07. The fourth-order valence-corrected chi connectivity index (χ4v) is 1.46. The van der Waals surface area contributed by atoms with Gasteiger partial charge in [0, 0.05) is 0 Å². The monoisotopic (exact) mass is 184 g/mol. The third kappa shape index (κ3) is 1.01. The summed E-state index contributed by atoms with van der Waals surface area (Å²) < 4.78 is 0. The number of carbonyl (C=O) groups excluding carboxylic acids is 2. The molecule has 0 bridgehead atoms. The second-order valence-corrected chi connectivity index (χ2v) is 2.92. The number of rotatable bonds is 1. The summed E-state index contributed by atoms with van der Waals surface area (Å²) in [6.45, 7) is -0.0770. The summed E-state index contributed by atoms with van der Waals surface area (Å²) >= 11 is 0. The fraction of sp³-hybridized carbons (Fsp3) is 0.0909. The Hall–Kier alpha value is -2.08. The van der Waals surface area contributed by atoms with Gasteiger partial charge in [0.1, 0.15) is 0 Å². The maximum Gasteiger partial charge on any atom is 0.262 e. The maximum atomic E-state index is 11.6. The van der Waals surface area contributed by atoms with E-state index in [0.717, 1.165) is 4.90 Å². The summed E-state index contributed by atoms with van der Waals surface area (Å²) in [6.07, 6.45) is 6.76. The van der Waals surface area contributed by atoms with Crippen LogP contribution in [-0.4, -0.2) is 23.3 Å². The van der Waals surface area contributed by atoms with Crippen molar-refractivity contribution in [3.8, 4) is 5.92 Å². The lowest BCUT2D eigenvalue weighted by molar-refractivity contribution is 0.0675. The maximum absolute atomic E-state index is 11.6. The minimum atomic E-state index is -0.342. The lowest BCUT2D eigenvalue weighted by Crippen LogP contribution is -2.29. The van der Waals surface area contributed by atoms with Crippen molar-refractivity contribution in [3.63, 3.8) is 0 Å². The SMILES string of the molecule is [C]#CCN1C(=O)c2ccccc2C1=O. The van der Waals surface area contributed by atoms with Gasteiger partial charge in [0.15, 0.2) is 0 Å². The molecule has 1 aliphatic rings. The van der Waals surface area contributed by atoms with Gasteiger partial charge in [-0.15, -0.1) is 0 Å². The Kier molecular flexibility index (Phi) is 1.83. The quantitative estimate of drug-likeness (QED) is 0.479. The molecule has 0 spiro atoms. The molecule has 2 rings (SSSR count). The smallest absolute Gasteiger partial charge is 0.262 e. The molecule has 3 nitrogen and oxygen atoms in total. The molecule has 0 aliphatic carbocycles. The molecule has 1 aliphatic heterocycles.